The van der Waals surface area contributed by atoms with Crippen LogP contribution in [0.4, 0.5) is 8.78 Å². The summed E-state index contributed by atoms with van der Waals surface area (Å²) in [5.41, 5.74) is 0.675. The van der Waals surface area contributed by atoms with E-state index >= 15 is 0 Å². The van der Waals surface area contributed by atoms with Crippen LogP contribution in [0.2, 0.25) is 0 Å². The molecule has 1 saturated heterocycles. The first kappa shape index (κ1) is 14.4. The lowest BCUT2D eigenvalue weighted by Gasteiger charge is -2.32. The van der Waals surface area contributed by atoms with Crippen molar-refractivity contribution in [3.8, 4) is 0 Å². The van der Waals surface area contributed by atoms with Crippen LogP contribution < -0.4 is 5.32 Å². The number of rotatable bonds is 5. The minimum absolute atomic E-state index is 0.458. The fourth-order valence-corrected chi connectivity index (χ4v) is 2.65. The summed E-state index contributed by atoms with van der Waals surface area (Å²) >= 11 is 0. The van der Waals surface area contributed by atoms with Gasteiger partial charge >= 0.3 is 0 Å². The lowest BCUT2D eigenvalue weighted by molar-refractivity contribution is 0.197. The summed E-state index contributed by atoms with van der Waals surface area (Å²) in [6, 6.07) is 4.15. The molecule has 106 valence electrons. The van der Waals surface area contributed by atoms with Gasteiger partial charge in [0.1, 0.15) is 11.6 Å². The summed E-state index contributed by atoms with van der Waals surface area (Å²) in [6.07, 6.45) is 3.41. The molecule has 0 amide bonds. The highest BCUT2D eigenvalue weighted by molar-refractivity contribution is 5.17. The SMILES string of the molecule is CCCN1CCC(NCc2cc(F)cc(F)c2)CC1. The first-order valence-electron chi connectivity index (χ1n) is 7.08. The zero-order valence-corrected chi connectivity index (χ0v) is 11.5. The van der Waals surface area contributed by atoms with Gasteiger partial charge in [0.2, 0.25) is 0 Å². The average molecular weight is 268 g/mol. The van der Waals surface area contributed by atoms with Crippen LogP contribution in [-0.2, 0) is 6.54 Å². The summed E-state index contributed by atoms with van der Waals surface area (Å²) in [5, 5.41) is 3.39. The zero-order valence-electron chi connectivity index (χ0n) is 11.5. The molecule has 1 aliphatic rings. The number of nitrogens with one attached hydrogen (secondary N) is 1. The number of likely N-dealkylation sites (tertiary alicyclic amines) is 1. The predicted molar refractivity (Wildman–Crippen MR) is 73.0 cm³/mol. The Kier molecular flexibility index (Phi) is 5.28. The number of piperidine rings is 1. The van der Waals surface area contributed by atoms with Crippen LogP contribution in [0.3, 0.4) is 0 Å². The molecular formula is C15H22F2N2. The number of benzene rings is 1. The van der Waals surface area contributed by atoms with Gasteiger partial charge in [-0.15, -0.1) is 0 Å². The highest BCUT2D eigenvalue weighted by atomic mass is 19.1. The van der Waals surface area contributed by atoms with Crippen LogP contribution in [0.5, 0.6) is 0 Å². The van der Waals surface area contributed by atoms with Crippen molar-refractivity contribution in [3.05, 3.63) is 35.4 Å². The Bertz CT molecular complexity index is 381. The topological polar surface area (TPSA) is 15.3 Å². The van der Waals surface area contributed by atoms with Crippen LogP contribution in [0.25, 0.3) is 0 Å². The molecule has 19 heavy (non-hydrogen) atoms. The molecule has 0 spiro atoms. The second-order valence-electron chi connectivity index (χ2n) is 5.27. The minimum atomic E-state index is -0.505. The summed E-state index contributed by atoms with van der Waals surface area (Å²) in [4.78, 5) is 2.47. The highest BCUT2D eigenvalue weighted by Gasteiger charge is 2.17. The molecule has 1 aromatic rings. The van der Waals surface area contributed by atoms with Gasteiger partial charge < -0.3 is 10.2 Å². The smallest absolute Gasteiger partial charge is 0.126 e. The third-order valence-corrected chi connectivity index (χ3v) is 3.64. The summed E-state index contributed by atoms with van der Waals surface area (Å²) in [7, 11) is 0. The molecule has 2 nitrogen and oxygen atoms in total. The second kappa shape index (κ2) is 6.96. The first-order chi connectivity index (χ1) is 9.17. The molecule has 0 atom stereocenters. The van der Waals surface area contributed by atoms with Crippen LogP contribution in [0.1, 0.15) is 31.7 Å². The monoisotopic (exact) mass is 268 g/mol. The lowest BCUT2D eigenvalue weighted by atomic mass is 10.0. The van der Waals surface area contributed by atoms with Crippen LogP contribution in [0.15, 0.2) is 18.2 Å². The Morgan fingerprint density at radius 3 is 2.37 bits per heavy atom. The van der Waals surface area contributed by atoms with E-state index in [1.54, 1.807) is 0 Å². The van der Waals surface area contributed by atoms with Crippen molar-refractivity contribution in [2.45, 2.75) is 38.8 Å². The Morgan fingerprint density at radius 2 is 1.79 bits per heavy atom. The molecule has 0 aromatic heterocycles. The van der Waals surface area contributed by atoms with Crippen molar-refractivity contribution < 1.29 is 8.78 Å². The number of hydrogen-bond acceptors (Lipinski definition) is 2. The molecule has 1 N–H and O–H groups in total. The molecule has 0 radical (unpaired) electrons. The normalized spacial score (nSPS) is 17.8. The van der Waals surface area contributed by atoms with Gasteiger partial charge in [-0.25, -0.2) is 8.78 Å². The first-order valence-corrected chi connectivity index (χ1v) is 7.08. The van der Waals surface area contributed by atoms with E-state index in [0.717, 1.165) is 32.0 Å². The zero-order chi connectivity index (χ0) is 13.7. The summed E-state index contributed by atoms with van der Waals surface area (Å²) in [6.45, 7) is 6.13. The second-order valence-corrected chi connectivity index (χ2v) is 5.27. The molecule has 0 bridgehead atoms. The van der Waals surface area contributed by atoms with Gasteiger partial charge in [0.15, 0.2) is 0 Å². The molecule has 0 unspecified atom stereocenters. The van der Waals surface area contributed by atoms with Crippen LogP contribution in [0, 0.1) is 11.6 Å². The standard InChI is InChI=1S/C15H22F2N2/c1-2-5-19-6-3-15(4-7-19)18-11-12-8-13(16)10-14(17)9-12/h8-10,15,18H,2-7,11H2,1H3. The molecule has 0 aliphatic carbocycles. The number of halogens is 2. The maximum atomic E-state index is 13.1. The Hall–Kier alpha value is -1.00. The Balaban J connectivity index is 1.77. The van der Waals surface area contributed by atoms with Crippen molar-refractivity contribution in [3.63, 3.8) is 0 Å². The van der Waals surface area contributed by atoms with Gasteiger partial charge in [0.25, 0.3) is 0 Å². The third kappa shape index (κ3) is 4.55. The fourth-order valence-electron chi connectivity index (χ4n) is 2.65. The Morgan fingerprint density at radius 1 is 1.16 bits per heavy atom. The van der Waals surface area contributed by atoms with Gasteiger partial charge in [0, 0.05) is 18.7 Å². The van der Waals surface area contributed by atoms with E-state index in [-0.39, 0.29) is 0 Å². The molecular weight excluding hydrogens is 246 g/mol. The van der Waals surface area contributed by atoms with E-state index in [2.05, 4.69) is 17.1 Å². The van der Waals surface area contributed by atoms with Crippen molar-refractivity contribution in [1.29, 1.82) is 0 Å². The van der Waals surface area contributed by atoms with E-state index in [1.165, 1.54) is 25.1 Å². The van der Waals surface area contributed by atoms with Crippen molar-refractivity contribution in [1.82, 2.24) is 10.2 Å². The van der Waals surface area contributed by atoms with Gasteiger partial charge in [-0.05, 0) is 56.6 Å². The van der Waals surface area contributed by atoms with Crippen LogP contribution >= 0.6 is 0 Å². The maximum Gasteiger partial charge on any atom is 0.126 e. The third-order valence-electron chi connectivity index (χ3n) is 3.64. The fraction of sp³-hybridized carbons (Fsp3) is 0.600. The largest absolute Gasteiger partial charge is 0.310 e. The van der Waals surface area contributed by atoms with E-state index in [1.807, 2.05) is 0 Å². The van der Waals surface area contributed by atoms with E-state index < -0.39 is 11.6 Å². The van der Waals surface area contributed by atoms with Gasteiger partial charge in [-0.1, -0.05) is 6.92 Å². The van der Waals surface area contributed by atoms with Crippen LogP contribution in [-0.4, -0.2) is 30.6 Å². The van der Waals surface area contributed by atoms with Gasteiger partial charge in [0.05, 0.1) is 0 Å². The molecule has 1 aromatic carbocycles. The van der Waals surface area contributed by atoms with Gasteiger partial charge in [-0.3, -0.25) is 0 Å². The molecule has 1 fully saturated rings. The minimum Gasteiger partial charge on any atom is -0.310 e. The quantitative estimate of drug-likeness (QED) is 0.883. The molecule has 2 rings (SSSR count). The highest BCUT2D eigenvalue weighted by Crippen LogP contribution is 2.12. The molecule has 1 aliphatic heterocycles. The maximum absolute atomic E-state index is 13.1. The van der Waals surface area contributed by atoms with E-state index in [0.29, 0.717) is 18.2 Å². The Labute approximate surface area is 113 Å². The number of nitrogens with zero attached hydrogens (tertiary/aromatic N) is 1. The van der Waals surface area contributed by atoms with E-state index in [9.17, 15) is 8.78 Å². The number of hydrogen-bond donors (Lipinski definition) is 1. The lowest BCUT2D eigenvalue weighted by Crippen LogP contribution is -2.42. The summed E-state index contributed by atoms with van der Waals surface area (Å²) < 4.78 is 26.1. The van der Waals surface area contributed by atoms with Gasteiger partial charge in [-0.2, -0.15) is 0 Å². The molecule has 0 saturated carbocycles. The summed E-state index contributed by atoms with van der Waals surface area (Å²) in [5.74, 6) is -1.01. The molecule has 4 heteroatoms. The predicted octanol–water partition coefficient (Wildman–Crippen LogP) is 2.93. The van der Waals surface area contributed by atoms with Crippen molar-refractivity contribution >= 4 is 0 Å². The van der Waals surface area contributed by atoms with Crippen molar-refractivity contribution in [2.24, 2.45) is 0 Å². The van der Waals surface area contributed by atoms with Crippen molar-refractivity contribution in [2.75, 3.05) is 19.6 Å². The van der Waals surface area contributed by atoms with E-state index in [4.69, 9.17) is 0 Å². The average Bonchev–Trinajstić information content (AvgIpc) is 2.37. The molecule has 1 heterocycles.